The molecule has 2 aromatic heterocycles. The van der Waals surface area contributed by atoms with Crippen LogP contribution in [0.1, 0.15) is 17.7 Å². The predicted octanol–water partition coefficient (Wildman–Crippen LogP) is 4.54. The predicted molar refractivity (Wildman–Crippen MR) is 124 cm³/mol. The van der Waals surface area contributed by atoms with Crippen molar-refractivity contribution in [2.75, 3.05) is 32.1 Å². The summed E-state index contributed by atoms with van der Waals surface area (Å²) in [4.78, 5) is 4.70. The fraction of sp³-hybridized carbons (Fsp3) is 0.231. The van der Waals surface area contributed by atoms with Crippen molar-refractivity contribution >= 4 is 5.69 Å². The van der Waals surface area contributed by atoms with Gasteiger partial charge in [0, 0.05) is 35.9 Å². The third kappa shape index (κ3) is 4.29. The van der Waals surface area contributed by atoms with E-state index in [1.54, 1.807) is 12.1 Å². The maximum atomic E-state index is 5.86. The highest BCUT2D eigenvalue weighted by Gasteiger charge is 2.24. The largest absolute Gasteiger partial charge is 0.443 e. The quantitative estimate of drug-likeness (QED) is 0.449. The highest BCUT2D eigenvalue weighted by Crippen LogP contribution is 2.28. The molecule has 1 unspecified atom stereocenters. The molecule has 1 aliphatic rings. The summed E-state index contributed by atoms with van der Waals surface area (Å²) in [5.41, 5.74) is 3.03. The van der Waals surface area contributed by atoms with E-state index >= 15 is 0 Å². The van der Waals surface area contributed by atoms with Crippen molar-refractivity contribution < 1.29 is 8.83 Å². The minimum absolute atomic E-state index is 0.338. The Morgan fingerprint density at radius 3 is 2.41 bits per heavy atom. The molecule has 0 amide bonds. The zero-order valence-electron chi connectivity index (χ0n) is 18.2. The van der Waals surface area contributed by atoms with E-state index in [-0.39, 0.29) is 0 Å². The number of nitrogens with zero attached hydrogens (tertiary/aromatic N) is 4. The Balaban J connectivity index is 1.28. The number of likely N-dealkylation sites (N-methyl/N-ethyl adjacent to an activating group) is 1. The molecule has 3 heterocycles. The molecule has 1 saturated heterocycles. The van der Waals surface area contributed by atoms with E-state index in [1.165, 1.54) is 12.1 Å². The van der Waals surface area contributed by atoms with Crippen LogP contribution in [0.3, 0.4) is 0 Å². The number of anilines is 1. The van der Waals surface area contributed by atoms with Crippen LogP contribution >= 0.6 is 0 Å². The summed E-state index contributed by atoms with van der Waals surface area (Å²) in [6, 6.07) is 22.3. The third-order valence-electron chi connectivity index (χ3n) is 5.72. The van der Waals surface area contributed by atoms with Crippen molar-refractivity contribution in [1.29, 1.82) is 0 Å². The molecule has 1 atom stereocenters. The van der Waals surface area contributed by atoms with Gasteiger partial charge in [0.2, 0.25) is 5.89 Å². The van der Waals surface area contributed by atoms with Gasteiger partial charge in [0.15, 0.2) is 11.5 Å². The SMILES string of the molecule is CN(C)C1CCN(c2ccc(-c3nnc(-c4ccc(C#Cc5ccccc5)o4)o3)cc2)C1. The van der Waals surface area contributed by atoms with E-state index < -0.39 is 0 Å². The molecule has 1 aliphatic heterocycles. The van der Waals surface area contributed by atoms with Crippen molar-refractivity contribution in [3.05, 3.63) is 78.1 Å². The van der Waals surface area contributed by atoms with Crippen molar-refractivity contribution in [3.63, 3.8) is 0 Å². The van der Waals surface area contributed by atoms with E-state index in [0.29, 0.717) is 29.3 Å². The first-order valence-corrected chi connectivity index (χ1v) is 10.7. The van der Waals surface area contributed by atoms with Crippen LogP contribution in [0.2, 0.25) is 0 Å². The van der Waals surface area contributed by atoms with E-state index in [2.05, 4.69) is 58.1 Å². The minimum Gasteiger partial charge on any atom is -0.443 e. The lowest BCUT2D eigenvalue weighted by molar-refractivity contribution is 0.315. The molecule has 6 heteroatoms. The Labute approximate surface area is 187 Å². The second-order valence-electron chi connectivity index (χ2n) is 8.09. The van der Waals surface area contributed by atoms with E-state index in [9.17, 15) is 0 Å². The maximum absolute atomic E-state index is 5.86. The van der Waals surface area contributed by atoms with Crippen molar-refractivity contribution in [3.8, 4) is 34.9 Å². The topological polar surface area (TPSA) is 58.5 Å². The van der Waals surface area contributed by atoms with Crippen LogP contribution in [0.15, 0.2) is 75.6 Å². The molecule has 0 saturated carbocycles. The molecule has 0 N–H and O–H groups in total. The van der Waals surface area contributed by atoms with Gasteiger partial charge in [-0.25, -0.2) is 0 Å². The average molecular weight is 425 g/mol. The highest BCUT2D eigenvalue weighted by molar-refractivity contribution is 5.60. The van der Waals surface area contributed by atoms with E-state index in [1.807, 2.05) is 42.5 Å². The van der Waals surface area contributed by atoms with Gasteiger partial charge in [-0.2, -0.15) is 0 Å². The first kappa shape index (κ1) is 20.1. The lowest BCUT2D eigenvalue weighted by Crippen LogP contribution is -2.31. The molecule has 5 rings (SSSR count). The molecule has 6 nitrogen and oxygen atoms in total. The van der Waals surface area contributed by atoms with Gasteiger partial charge in [-0.1, -0.05) is 24.1 Å². The van der Waals surface area contributed by atoms with Crippen LogP contribution in [-0.4, -0.2) is 48.3 Å². The average Bonchev–Trinajstić information content (AvgIpc) is 3.59. The maximum Gasteiger partial charge on any atom is 0.283 e. The van der Waals surface area contributed by atoms with Crippen LogP contribution in [0.5, 0.6) is 0 Å². The monoisotopic (exact) mass is 424 g/mol. The van der Waals surface area contributed by atoms with Crippen molar-refractivity contribution in [2.45, 2.75) is 12.5 Å². The second kappa shape index (κ2) is 8.74. The summed E-state index contributed by atoms with van der Waals surface area (Å²) in [5, 5.41) is 8.34. The summed E-state index contributed by atoms with van der Waals surface area (Å²) < 4.78 is 11.6. The first-order chi connectivity index (χ1) is 15.7. The van der Waals surface area contributed by atoms with E-state index in [0.717, 1.165) is 24.2 Å². The first-order valence-electron chi connectivity index (χ1n) is 10.7. The number of hydrogen-bond donors (Lipinski definition) is 0. The van der Waals surface area contributed by atoms with Gasteiger partial charge in [0.25, 0.3) is 5.89 Å². The minimum atomic E-state index is 0.338. The molecular formula is C26H24N4O2. The lowest BCUT2D eigenvalue weighted by Gasteiger charge is -2.21. The van der Waals surface area contributed by atoms with E-state index in [4.69, 9.17) is 8.83 Å². The van der Waals surface area contributed by atoms with Crippen LogP contribution in [0.4, 0.5) is 5.69 Å². The number of benzene rings is 2. The fourth-order valence-electron chi connectivity index (χ4n) is 3.83. The van der Waals surface area contributed by atoms with Crippen LogP contribution in [-0.2, 0) is 0 Å². The molecular weight excluding hydrogens is 400 g/mol. The van der Waals surface area contributed by atoms with Crippen LogP contribution in [0.25, 0.3) is 23.1 Å². The second-order valence-corrected chi connectivity index (χ2v) is 8.09. The molecule has 160 valence electrons. The van der Waals surface area contributed by atoms with Gasteiger partial charge >= 0.3 is 0 Å². The van der Waals surface area contributed by atoms with Gasteiger partial charge in [-0.05, 0) is 75.0 Å². The summed E-state index contributed by atoms with van der Waals surface area (Å²) in [7, 11) is 4.28. The Hall–Kier alpha value is -3.82. The third-order valence-corrected chi connectivity index (χ3v) is 5.72. The van der Waals surface area contributed by atoms with Crippen LogP contribution in [0, 0.1) is 11.8 Å². The molecule has 1 fully saturated rings. The van der Waals surface area contributed by atoms with Gasteiger partial charge in [0.05, 0.1) is 0 Å². The standard InChI is InChI=1S/C26H24N4O2/c1-29(2)22-16-17-30(18-22)21-11-9-20(10-12-21)25-27-28-26(32-25)24-15-14-23(31-24)13-8-19-6-4-3-5-7-19/h3-7,9-12,14-15,22H,16-18H2,1-2H3. The molecule has 0 radical (unpaired) electrons. The van der Waals surface area contributed by atoms with Crippen molar-refractivity contribution in [1.82, 2.24) is 15.1 Å². The fourth-order valence-corrected chi connectivity index (χ4v) is 3.83. The summed E-state index contributed by atoms with van der Waals surface area (Å²) in [6.45, 7) is 2.12. The molecule has 4 aromatic rings. The molecule has 32 heavy (non-hydrogen) atoms. The smallest absolute Gasteiger partial charge is 0.283 e. The summed E-state index contributed by atoms with van der Waals surface area (Å²) >= 11 is 0. The zero-order valence-corrected chi connectivity index (χ0v) is 18.2. The molecule has 0 spiro atoms. The Morgan fingerprint density at radius 2 is 1.66 bits per heavy atom. The Bertz CT molecular complexity index is 1250. The Morgan fingerprint density at radius 1 is 0.875 bits per heavy atom. The Kier molecular flexibility index (Phi) is 5.49. The number of aromatic nitrogens is 2. The van der Waals surface area contributed by atoms with Gasteiger partial charge in [-0.3, -0.25) is 0 Å². The molecule has 0 bridgehead atoms. The molecule has 0 aliphatic carbocycles. The number of rotatable bonds is 4. The van der Waals surface area contributed by atoms with Gasteiger partial charge in [0.1, 0.15) is 0 Å². The van der Waals surface area contributed by atoms with Crippen molar-refractivity contribution in [2.24, 2.45) is 0 Å². The zero-order chi connectivity index (χ0) is 21.9. The summed E-state index contributed by atoms with van der Waals surface area (Å²) in [6.07, 6.45) is 1.18. The van der Waals surface area contributed by atoms with Gasteiger partial charge in [-0.15, -0.1) is 10.2 Å². The number of furan rings is 1. The van der Waals surface area contributed by atoms with Gasteiger partial charge < -0.3 is 18.6 Å². The lowest BCUT2D eigenvalue weighted by atomic mass is 10.2. The highest BCUT2D eigenvalue weighted by atomic mass is 16.4. The molecule has 2 aromatic carbocycles. The number of hydrogen-bond acceptors (Lipinski definition) is 6. The normalized spacial score (nSPS) is 15.7. The van der Waals surface area contributed by atoms with Crippen LogP contribution < -0.4 is 4.90 Å². The summed E-state index contributed by atoms with van der Waals surface area (Å²) in [5.74, 6) is 7.95.